The smallest absolute Gasteiger partial charge is 0.308 e. The molecule has 1 fully saturated rings. The number of methoxy groups -OCH3 is 1. The molecule has 34 heavy (non-hydrogen) atoms. The van der Waals surface area contributed by atoms with Gasteiger partial charge < -0.3 is 15.2 Å². The maximum Gasteiger partial charge on any atom is 0.308 e. The zero-order valence-electron chi connectivity index (χ0n) is 19.7. The summed E-state index contributed by atoms with van der Waals surface area (Å²) in [7, 11) is 3.62. The lowest BCUT2D eigenvalue weighted by molar-refractivity contribution is -0.146. The monoisotopic (exact) mass is 477 g/mol. The van der Waals surface area contributed by atoms with Crippen LogP contribution in [0.2, 0.25) is 0 Å². The first-order valence-electron chi connectivity index (χ1n) is 11.7. The van der Waals surface area contributed by atoms with Crippen molar-refractivity contribution in [2.75, 3.05) is 33.8 Å². The maximum atomic E-state index is 12.1. The Morgan fingerprint density at radius 3 is 3.00 bits per heavy atom. The van der Waals surface area contributed by atoms with E-state index in [0.717, 1.165) is 47.3 Å². The molecule has 6 nitrogen and oxygen atoms in total. The fourth-order valence-electron chi connectivity index (χ4n) is 4.84. The van der Waals surface area contributed by atoms with Gasteiger partial charge >= 0.3 is 5.97 Å². The number of hydrogen-bond acceptors (Lipinski definition) is 6. The fourth-order valence-corrected chi connectivity index (χ4v) is 5.43. The molecule has 4 rings (SSSR count). The van der Waals surface area contributed by atoms with Crippen molar-refractivity contribution >= 4 is 28.2 Å². The van der Waals surface area contributed by atoms with E-state index in [1.54, 1.807) is 18.4 Å². The van der Waals surface area contributed by atoms with E-state index in [1.165, 1.54) is 5.56 Å². The van der Waals surface area contributed by atoms with E-state index in [-0.39, 0.29) is 17.9 Å². The molecule has 178 valence electrons. The van der Waals surface area contributed by atoms with Gasteiger partial charge in [0, 0.05) is 24.2 Å². The lowest BCUT2D eigenvalue weighted by atomic mass is 9.81. The molecule has 0 amide bonds. The lowest BCUT2D eigenvalue weighted by Crippen LogP contribution is -2.44. The highest BCUT2D eigenvalue weighted by atomic mass is 32.1. The summed E-state index contributed by atoms with van der Waals surface area (Å²) >= 11 is 1.62. The van der Waals surface area contributed by atoms with Gasteiger partial charge in [-0.1, -0.05) is 17.9 Å². The predicted octanol–water partition coefficient (Wildman–Crippen LogP) is 4.42. The van der Waals surface area contributed by atoms with Crippen LogP contribution in [0, 0.1) is 23.7 Å². The average molecular weight is 478 g/mol. The Hall–Kier alpha value is -2.92. The second kappa shape index (κ2) is 11.5. The second-order valence-electron chi connectivity index (χ2n) is 8.71. The Kier molecular flexibility index (Phi) is 8.17. The number of carbonyl (C=O) groups is 1. The number of ether oxygens (including phenoxy) is 1. The van der Waals surface area contributed by atoms with E-state index >= 15 is 0 Å². The van der Waals surface area contributed by atoms with Gasteiger partial charge in [0.05, 0.1) is 30.0 Å². The molecule has 0 spiro atoms. The van der Waals surface area contributed by atoms with Crippen LogP contribution < -0.4 is 10.1 Å². The highest BCUT2D eigenvalue weighted by molar-refractivity contribution is 7.10. The van der Waals surface area contributed by atoms with E-state index in [4.69, 9.17) is 4.74 Å². The van der Waals surface area contributed by atoms with Gasteiger partial charge in [-0.3, -0.25) is 14.7 Å². The summed E-state index contributed by atoms with van der Waals surface area (Å²) in [6.45, 7) is 2.05. The summed E-state index contributed by atoms with van der Waals surface area (Å²) in [4.78, 5) is 19.8. The van der Waals surface area contributed by atoms with Crippen LogP contribution in [0.1, 0.15) is 35.7 Å². The second-order valence-corrected chi connectivity index (χ2v) is 9.66. The number of nitrogens with zero attached hydrogens (tertiary/aromatic N) is 2. The number of aliphatic carboxylic acids is 1. The third-order valence-electron chi connectivity index (χ3n) is 6.73. The summed E-state index contributed by atoms with van der Waals surface area (Å²) in [5.41, 5.74) is 2.10. The fraction of sp³-hybridized carbons (Fsp3) is 0.407. The number of carboxylic acid groups (broad SMARTS) is 1. The van der Waals surface area contributed by atoms with Crippen molar-refractivity contribution in [3.8, 4) is 17.6 Å². The zero-order valence-corrected chi connectivity index (χ0v) is 20.5. The first-order valence-corrected chi connectivity index (χ1v) is 12.5. The van der Waals surface area contributed by atoms with Crippen LogP contribution in [0.25, 0.3) is 10.9 Å². The van der Waals surface area contributed by atoms with Crippen molar-refractivity contribution < 1.29 is 14.6 Å². The predicted molar refractivity (Wildman–Crippen MR) is 136 cm³/mol. The van der Waals surface area contributed by atoms with E-state index in [2.05, 4.69) is 27.0 Å². The first-order chi connectivity index (χ1) is 16.6. The number of piperidine rings is 1. The van der Waals surface area contributed by atoms with E-state index in [9.17, 15) is 9.90 Å². The van der Waals surface area contributed by atoms with Crippen LogP contribution in [0.5, 0.6) is 5.75 Å². The molecule has 0 saturated carbocycles. The Morgan fingerprint density at radius 2 is 2.26 bits per heavy atom. The van der Waals surface area contributed by atoms with Crippen molar-refractivity contribution in [1.29, 1.82) is 0 Å². The van der Waals surface area contributed by atoms with Crippen LogP contribution in [0.15, 0.2) is 48.0 Å². The van der Waals surface area contributed by atoms with Crippen molar-refractivity contribution in [2.45, 2.75) is 25.3 Å². The summed E-state index contributed by atoms with van der Waals surface area (Å²) in [6.07, 6.45) is 4.42. The van der Waals surface area contributed by atoms with Gasteiger partial charge in [-0.05, 0) is 80.0 Å². The number of pyridine rings is 1. The van der Waals surface area contributed by atoms with E-state index in [0.29, 0.717) is 13.1 Å². The molecule has 7 heteroatoms. The number of nitrogens with one attached hydrogen (secondary N) is 1. The quantitative estimate of drug-likeness (QED) is 0.468. The van der Waals surface area contributed by atoms with Gasteiger partial charge in [0.15, 0.2) is 0 Å². The normalized spacial score (nSPS) is 19.4. The Labute approximate surface area is 205 Å². The van der Waals surface area contributed by atoms with Crippen LogP contribution in [-0.4, -0.2) is 54.8 Å². The maximum absolute atomic E-state index is 12.1. The van der Waals surface area contributed by atoms with Crippen molar-refractivity contribution in [3.05, 3.63) is 58.4 Å². The summed E-state index contributed by atoms with van der Waals surface area (Å²) in [6, 6.07) is 12.1. The molecule has 1 saturated heterocycles. The largest absolute Gasteiger partial charge is 0.497 e. The molecule has 1 aliphatic rings. The average Bonchev–Trinajstić information content (AvgIpc) is 3.38. The Balaban J connectivity index is 1.41. The van der Waals surface area contributed by atoms with Crippen LogP contribution >= 0.6 is 11.3 Å². The minimum atomic E-state index is -0.707. The standard InChI is InChI=1S/C27H31N3O3S/c1-28-25(22-11-13-29-26-10-8-20(33-2)17-23(22)26)9-7-19-12-15-30(18-24(19)27(31)32)14-3-5-21-6-4-16-34-21/h4,6,8,10-11,13,16-17,19,24-25,28H,7,9,12,14-15,18H2,1-2H3,(H,31,32)/t19-,24+,25-/m1/s1. The number of carboxylic acids is 1. The minimum Gasteiger partial charge on any atom is -0.497 e. The highest BCUT2D eigenvalue weighted by Crippen LogP contribution is 2.33. The third kappa shape index (κ3) is 5.76. The number of rotatable bonds is 8. The molecular formula is C27H31N3O3S. The Morgan fingerprint density at radius 1 is 1.38 bits per heavy atom. The number of fused-ring (bicyclic) bond motifs is 1. The zero-order chi connectivity index (χ0) is 23.9. The molecule has 3 aromatic rings. The van der Waals surface area contributed by atoms with E-state index < -0.39 is 5.97 Å². The van der Waals surface area contributed by atoms with Crippen LogP contribution in [-0.2, 0) is 4.79 Å². The molecule has 0 bridgehead atoms. The molecule has 0 aliphatic carbocycles. The molecule has 0 unspecified atom stereocenters. The molecular weight excluding hydrogens is 446 g/mol. The van der Waals surface area contributed by atoms with Crippen molar-refractivity contribution in [1.82, 2.24) is 15.2 Å². The number of aromatic nitrogens is 1. The SMILES string of the molecule is CN[C@H](CC[C@@H]1CCN(CC#Cc2cccs2)C[C@@H]1C(=O)O)c1ccnc2ccc(OC)cc12. The van der Waals surface area contributed by atoms with Gasteiger partial charge in [-0.25, -0.2) is 0 Å². The molecule has 0 radical (unpaired) electrons. The van der Waals surface area contributed by atoms with Gasteiger partial charge in [-0.2, -0.15) is 0 Å². The van der Waals surface area contributed by atoms with Crippen LogP contribution in [0.4, 0.5) is 0 Å². The number of benzene rings is 1. The summed E-state index contributed by atoms with van der Waals surface area (Å²) in [5, 5.41) is 16.5. The van der Waals surface area contributed by atoms with Crippen molar-refractivity contribution in [2.24, 2.45) is 11.8 Å². The molecule has 3 heterocycles. The minimum absolute atomic E-state index is 0.113. The Bertz CT molecular complexity index is 1170. The molecule has 2 aromatic heterocycles. The molecule has 1 aliphatic heterocycles. The van der Waals surface area contributed by atoms with Crippen LogP contribution in [0.3, 0.4) is 0 Å². The number of likely N-dealkylation sites (tertiary alicyclic amines) is 1. The highest BCUT2D eigenvalue weighted by Gasteiger charge is 2.34. The van der Waals surface area contributed by atoms with Crippen molar-refractivity contribution in [3.63, 3.8) is 0 Å². The van der Waals surface area contributed by atoms with Gasteiger partial charge in [0.25, 0.3) is 0 Å². The molecule has 2 N–H and O–H groups in total. The third-order valence-corrected chi connectivity index (χ3v) is 7.51. The summed E-state index contributed by atoms with van der Waals surface area (Å²) in [5.74, 6) is 6.25. The van der Waals surface area contributed by atoms with Gasteiger partial charge in [0.1, 0.15) is 5.75 Å². The summed E-state index contributed by atoms with van der Waals surface area (Å²) < 4.78 is 5.42. The number of hydrogen-bond donors (Lipinski definition) is 2. The van der Waals surface area contributed by atoms with Gasteiger partial charge in [-0.15, -0.1) is 11.3 Å². The molecule has 3 atom stereocenters. The lowest BCUT2D eigenvalue weighted by Gasteiger charge is -2.36. The molecule has 1 aromatic carbocycles. The van der Waals surface area contributed by atoms with Gasteiger partial charge in [0.2, 0.25) is 0 Å². The topological polar surface area (TPSA) is 74.7 Å². The van der Waals surface area contributed by atoms with E-state index in [1.807, 2.05) is 55.0 Å². The first kappa shape index (κ1) is 24.2. The number of thiophene rings is 1.